The summed E-state index contributed by atoms with van der Waals surface area (Å²) in [6.45, 7) is 1.67. The summed E-state index contributed by atoms with van der Waals surface area (Å²) in [4.78, 5) is 0. The second kappa shape index (κ2) is 9.58. The first-order chi connectivity index (χ1) is 17.4. The van der Waals surface area contributed by atoms with Gasteiger partial charge in [-0.25, -0.2) is 26.3 Å². The summed E-state index contributed by atoms with van der Waals surface area (Å²) in [6.07, 6.45) is -4.74. The Morgan fingerprint density at radius 2 is 1.16 bits per heavy atom. The minimum atomic E-state index is -4.74. The Labute approximate surface area is 205 Å². The van der Waals surface area contributed by atoms with Crippen LogP contribution in [0.25, 0.3) is 22.3 Å². The number of nitriles is 1. The fraction of sp³-hybridized carbons (Fsp3) is 0.0741. The van der Waals surface area contributed by atoms with Gasteiger partial charge in [0.1, 0.15) is 57.8 Å². The monoisotopic (exact) mass is 519 g/mol. The van der Waals surface area contributed by atoms with Gasteiger partial charge in [0.15, 0.2) is 0 Å². The number of halogens is 8. The highest BCUT2D eigenvalue weighted by Crippen LogP contribution is 2.38. The van der Waals surface area contributed by atoms with E-state index < -0.39 is 63.5 Å². The first-order valence-corrected chi connectivity index (χ1v) is 10.4. The number of nitrogens with zero attached hydrogens (tertiary/aromatic N) is 1. The van der Waals surface area contributed by atoms with Gasteiger partial charge < -0.3 is 4.74 Å². The number of ether oxygens (including phenoxy) is 1. The van der Waals surface area contributed by atoms with Crippen molar-refractivity contribution in [3.8, 4) is 34.1 Å². The Morgan fingerprint density at radius 1 is 0.649 bits per heavy atom. The van der Waals surface area contributed by atoms with Crippen LogP contribution in [0.5, 0.6) is 5.75 Å². The molecular formula is C27H13F8NO. The zero-order valence-electron chi connectivity index (χ0n) is 18.7. The highest BCUT2D eigenvalue weighted by atomic mass is 19.3. The molecule has 0 unspecified atom stereocenters. The molecule has 0 aliphatic rings. The topological polar surface area (TPSA) is 33.0 Å². The van der Waals surface area contributed by atoms with Crippen LogP contribution in [0.15, 0.2) is 60.7 Å². The fourth-order valence-corrected chi connectivity index (χ4v) is 3.69. The SMILES string of the molecule is Cc1ccc(-c2ccc(-c3cc(F)c(C(F)(F)Oc4cc(F)c(C#N)c(F)c4)c(F)c3)c(F)c2)c(F)c1. The van der Waals surface area contributed by atoms with Crippen molar-refractivity contribution in [2.24, 2.45) is 0 Å². The van der Waals surface area contributed by atoms with Crippen LogP contribution in [-0.2, 0) is 6.11 Å². The molecule has 188 valence electrons. The van der Waals surface area contributed by atoms with Gasteiger partial charge in [-0.1, -0.05) is 24.3 Å². The quantitative estimate of drug-likeness (QED) is 0.249. The van der Waals surface area contributed by atoms with Crippen LogP contribution in [0.4, 0.5) is 35.1 Å². The van der Waals surface area contributed by atoms with E-state index in [4.69, 9.17) is 5.26 Å². The predicted molar refractivity (Wildman–Crippen MR) is 117 cm³/mol. The molecule has 2 nitrogen and oxygen atoms in total. The minimum Gasteiger partial charge on any atom is -0.429 e. The molecule has 0 heterocycles. The summed E-state index contributed by atoms with van der Waals surface area (Å²) in [5.41, 5.74) is -2.90. The highest BCUT2D eigenvalue weighted by Gasteiger charge is 2.41. The lowest BCUT2D eigenvalue weighted by molar-refractivity contribution is -0.189. The second-order valence-electron chi connectivity index (χ2n) is 7.99. The van der Waals surface area contributed by atoms with Crippen molar-refractivity contribution in [2.75, 3.05) is 0 Å². The molecule has 4 rings (SSSR count). The smallest absolute Gasteiger partial charge is 0.429 e. The van der Waals surface area contributed by atoms with Crippen LogP contribution in [-0.4, -0.2) is 0 Å². The van der Waals surface area contributed by atoms with E-state index in [1.165, 1.54) is 24.3 Å². The first kappa shape index (κ1) is 25.7. The van der Waals surface area contributed by atoms with E-state index >= 15 is 0 Å². The van der Waals surface area contributed by atoms with E-state index in [0.29, 0.717) is 17.7 Å². The lowest BCUT2D eigenvalue weighted by atomic mass is 9.97. The van der Waals surface area contributed by atoms with E-state index in [9.17, 15) is 35.1 Å². The summed E-state index contributed by atoms with van der Waals surface area (Å²) in [7, 11) is 0. The van der Waals surface area contributed by atoms with Gasteiger partial charge >= 0.3 is 6.11 Å². The van der Waals surface area contributed by atoms with Crippen molar-refractivity contribution in [3.05, 3.63) is 112 Å². The summed E-state index contributed by atoms with van der Waals surface area (Å²) in [6, 6.07) is 10.2. The summed E-state index contributed by atoms with van der Waals surface area (Å²) >= 11 is 0. The van der Waals surface area contributed by atoms with Gasteiger partial charge in [0.2, 0.25) is 0 Å². The molecule has 4 aromatic carbocycles. The molecule has 0 aromatic heterocycles. The zero-order chi connectivity index (χ0) is 27.1. The molecule has 0 saturated heterocycles. The van der Waals surface area contributed by atoms with E-state index in [0.717, 1.165) is 12.1 Å². The van der Waals surface area contributed by atoms with E-state index in [1.54, 1.807) is 13.0 Å². The normalized spacial score (nSPS) is 11.4. The van der Waals surface area contributed by atoms with Gasteiger partial charge in [-0.15, -0.1) is 0 Å². The lowest BCUT2D eigenvalue weighted by Crippen LogP contribution is -2.25. The molecule has 0 amide bonds. The molecule has 0 aliphatic heterocycles. The molecule has 0 spiro atoms. The van der Waals surface area contributed by atoms with Crippen LogP contribution in [0.2, 0.25) is 0 Å². The van der Waals surface area contributed by atoms with Crippen molar-refractivity contribution < 1.29 is 39.9 Å². The van der Waals surface area contributed by atoms with Gasteiger partial charge in [-0.05, 0) is 47.9 Å². The molecule has 0 atom stereocenters. The maximum Gasteiger partial charge on any atom is 0.432 e. The number of hydrogen-bond donors (Lipinski definition) is 0. The van der Waals surface area contributed by atoms with Crippen molar-refractivity contribution >= 4 is 0 Å². The van der Waals surface area contributed by atoms with Gasteiger partial charge in [0, 0.05) is 23.3 Å². The molecule has 4 aromatic rings. The number of benzene rings is 4. The van der Waals surface area contributed by atoms with E-state index in [1.807, 2.05) is 0 Å². The molecule has 37 heavy (non-hydrogen) atoms. The number of aryl methyl sites for hydroxylation is 1. The lowest BCUT2D eigenvalue weighted by Gasteiger charge is -2.20. The van der Waals surface area contributed by atoms with Crippen LogP contribution < -0.4 is 4.74 Å². The third kappa shape index (κ3) is 4.98. The highest BCUT2D eigenvalue weighted by molar-refractivity contribution is 5.72. The first-order valence-electron chi connectivity index (χ1n) is 10.4. The van der Waals surface area contributed by atoms with Gasteiger partial charge in [0.25, 0.3) is 0 Å². The third-order valence-corrected chi connectivity index (χ3v) is 5.42. The van der Waals surface area contributed by atoms with Crippen LogP contribution in [0.1, 0.15) is 16.7 Å². The molecule has 0 bridgehead atoms. The Balaban J connectivity index is 1.68. The average molecular weight is 519 g/mol. The van der Waals surface area contributed by atoms with Crippen molar-refractivity contribution in [3.63, 3.8) is 0 Å². The second-order valence-corrected chi connectivity index (χ2v) is 7.99. The summed E-state index contributed by atoms with van der Waals surface area (Å²) < 4.78 is 119. The van der Waals surface area contributed by atoms with E-state index in [2.05, 4.69) is 4.74 Å². The van der Waals surface area contributed by atoms with Crippen molar-refractivity contribution in [2.45, 2.75) is 13.0 Å². The largest absolute Gasteiger partial charge is 0.432 e. The molecule has 0 saturated carbocycles. The predicted octanol–water partition coefficient (Wildman–Crippen LogP) is 8.16. The van der Waals surface area contributed by atoms with Crippen LogP contribution in [0.3, 0.4) is 0 Å². The Kier molecular flexibility index (Phi) is 6.65. The zero-order valence-corrected chi connectivity index (χ0v) is 18.7. The van der Waals surface area contributed by atoms with Gasteiger partial charge in [-0.3, -0.25) is 0 Å². The standard InChI is InChI=1S/C27H13F8NO/c1-13-2-4-17(20(28)6-13)14-3-5-18(21(29)7-14)15-8-24(32)26(25(33)9-15)27(34,35)37-16-10-22(30)19(12-36)23(31)11-16/h2-11H,1H3. The maximum absolute atomic E-state index is 14.8. The fourth-order valence-electron chi connectivity index (χ4n) is 3.69. The van der Waals surface area contributed by atoms with E-state index in [-0.39, 0.29) is 28.8 Å². The van der Waals surface area contributed by atoms with Crippen LogP contribution >= 0.6 is 0 Å². The molecule has 10 heteroatoms. The average Bonchev–Trinajstić information content (AvgIpc) is 2.77. The maximum atomic E-state index is 14.8. The number of hydrogen-bond acceptors (Lipinski definition) is 2. The molecular weight excluding hydrogens is 506 g/mol. The molecule has 0 N–H and O–H groups in total. The Hall–Kier alpha value is -4.39. The Bertz CT molecular complexity index is 1530. The molecule has 0 aliphatic carbocycles. The van der Waals surface area contributed by atoms with Gasteiger partial charge in [-0.2, -0.15) is 14.0 Å². The minimum absolute atomic E-state index is 0.0798. The third-order valence-electron chi connectivity index (χ3n) is 5.42. The van der Waals surface area contributed by atoms with Crippen molar-refractivity contribution in [1.29, 1.82) is 5.26 Å². The van der Waals surface area contributed by atoms with Crippen molar-refractivity contribution in [1.82, 2.24) is 0 Å². The summed E-state index contributed by atoms with van der Waals surface area (Å²) in [5, 5.41) is 8.65. The Morgan fingerprint density at radius 3 is 1.70 bits per heavy atom. The number of rotatable bonds is 5. The molecule has 0 radical (unpaired) electrons. The molecule has 0 fully saturated rings. The summed E-state index contributed by atoms with van der Waals surface area (Å²) in [5.74, 6) is -9.45. The van der Waals surface area contributed by atoms with Crippen LogP contribution in [0, 0.1) is 53.2 Å². The number of alkyl halides is 2. The van der Waals surface area contributed by atoms with Gasteiger partial charge in [0.05, 0.1) is 0 Å².